The van der Waals surface area contributed by atoms with E-state index < -0.39 is 0 Å². The first kappa shape index (κ1) is 44.3. The van der Waals surface area contributed by atoms with E-state index in [1.807, 2.05) is 91.1 Å². The molecule has 8 rings (SSSR count). The quantitative estimate of drug-likeness (QED) is 0.122. The van der Waals surface area contributed by atoms with E-state index in [1.54, 1.807) is 25.6 Å². The molecule has 0 saturated heterocycles. The summed E-state index contributed by atoms with van der Waals surface area (Å²) >= 11 is 0. The lowest BCUT2D eigenvalue weighted by Crippen LogP contribution is -2.20. The smallest absolute Gasteiger partial charge is 0.206 e. The number of hydrogen-bond acceptors (Lipinski definition) is 12. The van der Waals surface area contributed by atoms with Gasteiger partial charge < -0.3 is 20.7 Å². The van der Waals surface area contributed by atoms with Gasteiger partial charge in [-0.15, -0.1) is 10.2 Å². The van der Waals surface area contributed by atoms with Crippen molar-refractivity contribution in [2.45, 2.75) is 66.6 Å². The maximum Gasteiger partial charge on any atom is 0.206 e. The van der Waals surface area contributed by atoms with E-state index in [9.17, 15) is 0 Å². The lowest BCUT2D eigenvalue weighted by atomic mass is 9.74. The standard InChI is InChI=1S/C24H26N6O.C23H23N6O.H3N/c1-24(2,3)22(21-13-10-18(15-26-21)23-27-29-30(4)28-23)17-8-11-20(12-9-17)31-16-19-7-5-6-14-25-19;1-23(2,3)21(20-12-9-17(14-25-20)22-26-28-29-27-22)16-7-10-19(11-8-16)30-15-18-6-4-5-13-24-18;/h5-15,22H,16H2,1-4H3;4-14,21H,15H2,1-3H3;1H3/q;-1;/p+1. The molecular formula is C47H53N13O2. The van der Waals surface area contributed by atoms with Crippen molar-refractivity contribution >= 4 is 0 Å². The van der Waals surface area contributed by atoms with Crippen LogP contribution < -0.4 is 20.7 Å². The summed E-state index contributed by atoms with van der Waals surface area (Å²) in [6.07, 6.45) is 7.13. The van der Waals surface area contributed by atoms with E-state index in [0.717, 1.165) is 45.4 Å². The minimum atomic E-state index is -0.0230. The molecule has 2 unspecified atom stereocenters. The highest BCUT2D eigenvalue weighted by Crippen LogP contribution is 2.41. The van der Waals surface area contributed by atoms with E-state index in [-0.39, 0.29) is 28.8 Å². The fourth-order valence-electron chi connectivity index (χ4n) is 7.10. The second-order valence-electron chi connectivity index (χ2n) is 16.7. The van der Waals surface area contributed by atoms with Crippen LogP contribution in [-0.4, -0.2) is 55.7 Å². The number of aryl methyl sites for hydroxylation is 1. The Morgan fingerprint density at radius 3 is 1.45 bits per heavy atom. The molecular weight excluding hydrogens is 779 g/mol. The molecule has 0 amide bonds. The Morgan fingerprint density at radius 1 is 0.581 bits per heavy atom. The van der Waals surface area contributed by atoms with Crippen LogP contribution in [0.3, 0.4) is 0 Å². The van der Waals surface area contributed by atoms with Gasteiger partial charge in [-0.1, -0.05) is 84.0 Å². The third kappa shape index (κ3) is 11.5. The molecule has 0 fully saturated rings. The predicted octanol–water partition coefficient (Wildman–Crippen LogP) is 8.84. The van der Waals surface area contributed by atoms with E-state index in [0.29, 0.717) is 24.9 Å². The molecule has 0 bridgehead atoms. The van der Waals surface area contributed by atoms with Gasteiger partial charge >= 0.3 is 0 Å². The topological polar surface area (TPSA) is 203 Å². The zero-order valence-electron chi connectivity index (χ0n) is 36.5. The van der Waals surface area contributed by atoms with Gasteiger partial charge in [0.2, 0.25) is 5.82 Å². The molecule has 0 radical (unpaired) electrons. The van der Waals surface area contributed by atoms with Crippen LogP contribution in [0.2, 0.25) is 0 Å². The van der Waals surface area contributed by atoms with Gasteiger partial charge in [0.15, 0.2) is 0 Å². The zero-order valence-corrected chi connectivity index (χ0v) is 36.5. The summed E-state index contributed by atoms with van der Waals surface area (Å²) in [4.78, 5) is 19.5. The number of ether oxygens (including phenoxy) is 2. The number of pyridine rings is 4. The first-order valence-corrected chi connectivity index (χ1v) is 20.0. The second kappa shape index (κ2) is 19.9. The predicted molar refractivity (Wildman–Crippen MR) is 237 cm³/mol. The molecule has 8 aromatic rings. The van der Waals surface area contributed by atoms with Gasteiger partial charge in [0.1, 0.15) is 24.7 Å². The SMILES string of the molecule is CC(C)(C)C(c1ccc(OCc2ccccn2)cc1)c1ccc(-c2nnn[n-]2)cn1.Cn1nnc(-c2ccc(C(c3ccc(OCc4ccccn4)cc3)C(C)(C)C)nc2)n1.[NH4+]. The Hall–Kier alpha value is -7.26. The van der Waals surface area contributed by atoms with E-state index in [2.05, 4.69) is 112 Å². The summed E-state index contributed by atoms with van der Waals surface area (Å²) in [5.74, 6) is 2.93. The van der Waals surface area contributed by atoms with Crippen molar-refractivity contribution in [1.82, 2.24) is 66.9 Å². The largest absolute Gasteiger partial charge is 0.487 e. The molecule has 318 valence electrons. The van der Waals surface area contributed by atoms with Gasteiger partial charge in [-0.2, -0.15) is 10.0 Å². The van der Waals surface area contributed by atoms with Crippen molar-refractivity contribution in [2.24, 2.45) is 17.9 Å². The number of rotatable bonds is 12. The van der Waals surface area contributed by atoms with Crippen LogP contribution >= 0.6 is 0 Å². The summed E-state index contributed by atoms with van der Waals surface area (Å²) in [7, 11) is 1.75. The molecule has 2 atom stereocenters. The molecule has 0 spiro atoms. The van der Waals surface area contributed by atoms with Gasteiger partial charge in [-0.25, -0.2) is 0 Å². The van der Waals surface area contributed by atoms with Gasteiger partial charge in [0.05, 0.1) is 18.4 Å². The van der Waals surface area contributed by atoms with Gasteiger partial charge in [0.25, 0.3) is 0 Å². The van der Waals surface area contributed by atoms with Crippen molar-refractivity contribution in [3.05, 3.63) is 168 Å². The fraction of sp³-hybridized carbons (Fsp3) is 0.277. The van der Waals surface area contributed by atoms with Crippen LogP contribution in [0, 0.1) is 10.8 Å². The number of quaternary nitrogens is 1. The highest BCUT2D eigenvalue weighted by molar-refractivity contribution is 5.53. The van der Waals surface area contributed by atoms with Crippen LogP contribution in [0.25, 0.3) is 22.8 Å². The molecule has 4 N–H and O–H groups in total. The highest BCUT2D eigenvalue weighted by Gasteiger charge is 2.30. The third-order valence-electron chi connectivity index (χ3n) is 9.89. The van der Waals surface area contributed by atoms with Crippen molar-refractivity contribution in [3.8, 4) is 34.3 Å². The minimum absolute atomic E-state index is 0. The van der Waals surface area contributed by atoms with E-state index >= 15 is 0 Å². The number of aromatic nitrogens is 12. The van der Waals surface area contributed by atoms with Crippen LogP contribution in [-0.2, 0) is 20.3 Å². The maximum absolute atomic E-state index is 5.88. The van der Waals surface area contributed by atoms with Gasteiger partial charge in [-0.05, 0) is 93.9 Å². The van der Waals surface area contributed by atoms with Crippen molar-refractivity contribution in [3.63, 3.8) is 0 Å². The Kier molecular flexibility index (Phi) is 14.2. The summed E-state index contributed by atoms with van der Waals surface area (Å²) in [6, 6.07) is 36.1. The zero-order chi connectivity index (χ0) is 42.8. The minimum Gasteiger partial charge on any atom is -0.487 e. The van der Waals surface area contributed by atoms with Crippen molar-refractivity contribution in [1.29, 1.82) is 0 Å². The monoisotopic (exact) mass is 831 g/mol. The number of tetrazole rings is 2. The Morgan fingerprint density at radius 2 is 1.08 bits per heavy atom. The molecule has 0 saturated carbocycles. The molecule has 62 heavy (non-hydrogen) atoms. The Labute approximate surface area is 362 Å². The summed E-state index contributed by atoms with van der Waals surface area (Å²) in [5.41, 5.74) is 7.77. The average Bonchev–Trinajstić information content (AvgIpc) is 3.97. The first-order valence-electron chi connectivity index (χ1n) is 20.0. The van der Waals surface area contributed by atoms with Gasteiger partial charge in [0, 0.05) is 65.0 Å². The first-order chi connectivity index (χ1) is 29.4. The van der Waals surface area contributed by atoms with Crippen LogP contribution in [0.15, 0.2) is 134 Å². The summed E-state index contributed by atoms with van der Waals surface area (Å²) in [6.45, 7) is 14.2. The molecule has 2 aromatic carbocycles. The average molecular weight is 832 g/mol. The van der Waals surface area contributed by atoms with E-state index in [1.165, 1.54) is 15.9 Å². The lowest BCUT2D eigenvalue weighted by Gasteiger charge is -2.31. The summed E-state index contributed by atoms with van der Waals surface area (Å²) in [5, 5.41) is 27.0. The number of nitrogens with zero attached hydrogens (tertiary/aromatic N) is 12. The molecule has 15 heteroatoms. The van der Waals surface area contributed by atoms with E-state index in [4.69, 9.17) is 19.4 Å². The molecule has 0 aliphatic rings. The molecule has 15 nitrogen and oxygen atoms in total. The second-order valence-corrected chi connectivity index (χ2v) is 16.7. The molecule has 0 aliphatic heterocycles. The van der Waals surface area contributed by atoms with Crippen molar-refractivity contribution in [2.75, 3.05) is 0 Å². The molecule has 6 aromatic heterocycles. The third-order valence-corrected chi connectivity index (χ3v) is 9.89. The van der Waals surface area contributed by atoms with Crippen LogP contribution in [0.5, 0.6) is 11.5 Å². The number of hydrogen-bond donors (Lipinski definition) is 1. The normalized spacial score (nSPS) is 12.3. The molecule has 0 aliphatic carbocycles. The Balaban J connectivity index is 0.000000204. The Bertz CT molecular complexity index is 2540. The number of benzene rings is 2. The summed E-state index contributed by atoms with van der Waals surface area (Å²) < 4.78 is 11.8. The maximum atomic E-state index is 5.88. The van der Waals surface area contributed by atoms with Crippen LogP contribution in [0.1, 0.15) is 87.3 Å². The van der Waals surface area contributed by atoms with Gasteiger partial charge in [-0.3, -0.25) is 30.2 Å². The van der Waals surface area contributed by atoms with Crippen LogP contribution in [0.4, 0.5) is 0 Å². The lowest BCUT2D eigenvalue weighted by molar-refractivity contribution is 0.300. The highest BCUT2D eigenvalue weighted by atomic mass is 16.5. The fourth-order valence-corrected chi connectivity index (χ4v) is 7.10. The molecule has 6 heterocycles. The van der Waals surface area contributed by atoms with Crippen molar-refractivity contribution < 1.29 is 9.47 Å².